The molecule has 0 spiro atoms. The molecule has 0 unspecified atom stereocenters. The molecule has 1 atom stereocenters. The van der Waals surface area contributed by atoms with E-state index in [0.29, 0.717) is 11.1 Å². The first-order chi connectivity index (χ1) is 10.7. The summed E-state index contributed by atoms with van der Waals surface area (Å²) in [4.78, 5) is 13.4. The number of hydrogen-bond acceptors (Lipinski definition) is 5. The Morgan fingerprint density at radius 2 is 1.78 bits per heavy atom. The number of carbonyl (C=O) groups is 1. The SMILES string of the molecule is C[C@@H](Sc1nnc(-c2ccc(C(C)(C)C)cc2)o1)C(=O)N(C)C. The van der Waals surface area contributed by atoms with Gasteiger partial charge in [-0.2, -0.15) is 0 Å². The van der Waals surface area contributed by atoms with Crippen LogP contribution in [-0.4, -0.2) is 40.3 Å². The molecular formula is C17H23N3O2S. The van der Waals surface area contributed by atoms with E-state index in [2.05, 4.69) is 43.1 Å². The van der Waals surface area contributed by atoms with Crippen molar-refractivity contribution in [2.75, 3.05) is 14.1 Å². The summed E-state index contributed by atoms with van der Waals surface area (Å²) in [5, 5.41) is 8.24. The van der Waals surface area contributed by atoms with Crippen LogP contribution in [0.4, 0.5) is 0 Å². The lowest BCUT2D eigenvalue weighted by molar-refractivity contribution is -0.127. The topological polar surface area (TPSA) is 59.2 Å². The summed E-state index contributed by atoms with van der Waals surface area (Å²) in [5.41, 5.74) is 2.24. The lowest BCUT2D eigenvalue weighted by Gasteiger charge is -2.18. The first-order valence-electron chi connectivity index (χ1n) is 7.50. The van der Waals surface area contributed by atoms with Crippen molar-refractivity contribution in [3.63, 3.8) is 0 Å². The van der Waals surface area contributed by atoms with Gasteiger partial charge in [0.25, 0.3) is 5.22 Å². The van der Waals surface area contributed by atoms with Gasteiger partial charge in [-0.25, -0.2) is 0 Å². The van der Waals surface area contributed by atoms with Crippen molar-refractivity contribution in [1.82, 2.24) is 15.1 Å². The third-order valence-corrected chi connectivity index (χ3v) is 4.39. The molecule has 0 aliphatic carbocycles. The van der Waals surface area contributed by atoms with Crippen LogP contribution in [0.1, 0.15) is 33.3 Å². The van der Waals surface area contributed by atoms with Gasteiger partial charge in [-0.3, -0.25) is 4.79 Å². The van der Waals surface area contributed by atoms with Crippen LogP contribution in [0.3, 0.4) is 0 Å². The van der Waals surface area contributed by atoms with Crippen molar-refractivity contribution < 1.29 is 9.21 Å². The van der Waals surface area contributed by atoms with Crippen LogP contribution in [0.2, 0.25) is 0 Å². The molecule has 124 valence electrons. The van der Waals surface area contributed by atoms with E-state index in [1.165, 1.54) is 17.3 Å². The van der Waals surface area contributed by atoms with Gasteiger partial charge in [-0.1, -0.05) is 44.7 Å². The molecule has 0 bridgehead atoms. The molecule has 2 aromatic rings. The monoisotopic (exact) mass is 333 g/mol. The van der Waals surface area contributed by atoms with Gasteiger partial charge < -0.3 is 9.32 Å². The lowest BCUT2D eigenvalue weighted by Crippen LogP contribution is -2.29. The highest BCUT2D eigenvalue weighted by Gasteiger charge is 2.20. The quantitative estimate of drug-likeness (QED) is 0.800. The Labute approximate surface area is 141 Å². The Hall–Kier alpha value is -1.82. The second-order valence-corrected chi connectivity index (χ2v) is 7.99. The average molecular weight is 333 g/mol. The number of rotatable bonds is 4. The van der Waals surface area contributed by atoms with Crippen LogP contribution in [0.25, 0.3) is 11.5 Å². The molecule has 23 heavy (non-hydrogen) atoms. The first kappa shape index (κ1) is 17.5. The average Bonchev–Trinajstić information content (AvgIpc) is 2.94. The van der Waals surface area contributed by atoms with E-state index in [-0.39, 0.29) is 16.6 Å². The standard InChI is InChI=1S/C17H23N3O2S/c1-11(15(21)20(5)6)23-16-19-18-14(22-16)12-7-9-13(10-8-12)17(2,3)4/h7-11H,1-6H3/t11-/m1/s1. The normalized spacial score (nSPS) is 13.0. The van der Waals surface area contributed by atoms with Gasteiger partial charge in [-0.15, -0.1) is 10.2 Å². The molecule has 1 aromatic carbocycles. The van der Waals surface area contributed by atoms with E-state index >= 15 is 0 Å². The van der Waals surface area contributed by atoms with Gasteiger partial charge in [0.05, 0.1) is 5.25 Å². The summed E-state index contributed by atoms with van der Waals surface area (Å²) in [6, 6.07) is 8.11. The van der Waals surface area contributed by atoms with Crippen LogP contribution in [0.15, 0.2) is 33.9 Å². The van der Waals surface area contributed by atoms with Crippen LogP contribution in [0.5, 0.6) is 0 Å². The second-order valence-electron chi connectivity index (χ2n) is 6.69. The van der Waals surface area contributed by atoms with E-state index in [1.54, 1.807) is 19.0 Å². The predicted octanol–water partition coefficient (Wildman–Crippen LogP) is 3.60. The zero-order valence-corrected chi connectivity index (χ0v) is 15.3. The lowest BCUT2D eigenvalue weighted by atomic mass is 9.87. The van der Waals surface area contributed by atoms with Crippen molar-refractivity contribution in [3.05, 3.63) is 29.8 Å². The zero-order chi connectivity index (χ0) is 17.2. The maximum Gasteiger partial charge on any atom is 0.277 e. The van der Waals surface area contributed by atoms with Crippen LogP contribution < -0.4 is 0 Å². The van der Waals surface area contributed by atoms with E-state index in [0.717, 1.165) is 5.56 Å². The first-order valence-corrected chi connectivity index (χ1v) is 8.38. The number of carbonyl (C=O) groups excluding carboxylic acids is 1. The molecule has 0 fully saturated rings. The summed E-state index contributed by atoms with van der Waals surface area (Å²) in [7, 11) is 3.46. The molecule has 1 heterocycles. The molecule has 1 aromatic heterocycles. The van der Waals surface area contributed by atoms with E-state index < -0.39 is 0 Å². The molecule has 5 nitrogen and oxygen atoms in total. The molecule has 0 aliphatic rings. The second kappa shape index (κ2) is 6.74. The number of hydrogen-bond donors (Lipinski definition) is 0. The fourth-order valence-electron chi connectivity index (χ4n) is 2.05. The van der Waals surface area contributed by atoms with Crippen molar-refractivity contribution in [3.8, 4) is 11.5 Å². The Kier molecular flexibility index (Phi) is 5.14. The minimum absolute atomic E-state index is 0.0179. The highest BCUT2D eigenvalue weighted by atomic mass is 32.2. The van der Waals surface area contributed by atoms with Gasteiger partial charge in [0.15, 0.2) is 0 Å². The Morgan fingerprint density at radius 3 is 2.30 bits per heavy atom. The molecule has 0 aliphatic heterocycles. The van der Waals surface area contributed by atoms with Gasteiger partial charge in [0, 0.05) is 19.7 Å². The predicted molar refractivity (Wildman–Crippen MR) is 92.4 cm³/mol. The Morgan fingerprint density at radius 1 is 1.17 bits per heavy atom. The van der Waals surface area contributed by atoms with Crippen molar-refractivity contribution in [2.24, 2.45) is 0 Å². The van der Waals surface area contributed by atoms with E-state index in [4.69, 9.17) is 4.42 Å². The highest BCUT2D eigenvalue weighted by molar-refractivity contribution is 8.00. The fraction of sp³-hybridized carbons (Fsp3) is 0.471. The van der Waals surface area contributed by atoms with Crippen molar-refractivity contribution in [2.45, 2.75) is 43.6 Å². The summed E-state index contributed by atoms with van der Waals surface area (Å²) in [6.07, 6.45) is 0. The maximum atomic E-state index is 11.9. The zero-order valence-electron chi connectivity index (χ0n) is 14.5. The van der Waals surface area contributed by atoms with E-state index in [1.807, 2.05) is 19.1 Å². The molecule has 0 saturated carbocycles. The van der Waals surface area contributed by atoms with Crippen LogP contribution in [-0.2, 0) is 10.2 Å². The van der Waals surface area contributed by atoms with Gasteiger partial charge >= 0.3 is 0 Å². The van der Waals surface area contributed by atoms with Gasteiger partial charge in [-0.05, 0) is 30.0 Å². The molecule has 6 heteroatoms. The van der Waals surface area contributed by atoms with Crippen molar-refractivity contribution >= 4 is 17.7 Å². The molecule has 0 radical (unpaired) electrons. The number of aromatic nitrogens is 2. The van der Waals surface area contributed by atoms with Gasteiger partial charge in [0.2, 0.25) is 11.8 Å². The third kappa shape index (κ3) is 4.34. The van der Waals surface area contributed by atoms with Gasteiger partial charge in [0.1, 0.15) is 0 Å². The largest absolute Gasteiger partial charge is 0.411 e. The summed E-state index contributed by atoms with van der Waals surface area (Å²) in [6.45, 7) is 8.35. The molecule has 0 N–H and O–H groups in total. The Bertz CT molecular complexity index is 672. The smallest absolute Gasteiger partial charge is 0.277 e. The van der Waals surface area contributed by atoms with Crippen LogP contribution in [0, 0.1) is 0 Å². The number of amides is 1. The number of benzene rings is 1. The maximum absolute atomic E-state index is 11.9. The molecule has 2 rings (SSSR count). The fourth-order valence-corrected chi connectivity index (χ4v) is 2.88. The van der Waals surface area contributed by atoms with E-state index in [9.17, 15) is 4.79 Å². The Balaban J connectivity index is 2.12. The molecule has 0 saturated heterocycles. The number of nitrogens with zero attached hydrogens (tertiary/aromatic N) is 3. The van der Waals surface area contributed by atoms with Crippen molar-refractivity contribution in [1.29, 1.82) is 0 Å². The molecule has 1 amide bonds. The summed E-state index contributed by atoms with van der Waals surface area (Å²) < 4.78 is 5.67. The molecular weight excluding hydrogens is 310 g/mol. The third-order valence-electron chi connectivity index (χ3n) is 3.47. The highest BCUT2D eigenvalue weighted by Crippen LogP contribution is 2.28. The van der Waals surface area contributed by atoms with Crippen LogP contribution >= 0.6 is 11.8 Å². The summed E-state index contributed by atoms with van der Waals surface area (Å²) in [5.74, 6) is 0.488. The minimum atomic E-state index is -0.262. The number of thioether (sulfide) groups is 1. The minimum Gasteiger partial charge on any atom is -0.411 e. The summed E-state index contributed by atoms with van der Waals surface area (Å²) >= 11 is 1.27.